The molecule has 0 aliphatic heterocycles. The Morgan fingerprint density at radius 2 is 1.84 bits per heavy atom. The highest BCUT2D eigenvalue weighted by molar-refractivity contribution is 7.21. The molecular weight excluding hydrogens is 332 g/mol. The fourth-order valence-electron chi connectivity index (χ4n) is 2.88. The molecule has 0 radical (unpaired) electrons. The molecule has 0 amide bonds. The number of hydrogen-bond acceptors (Lipinski definition) is 5. The lowest BCUT2D eigenvalue weighted by Gasteiger charge is -2.00. The van der Waals surface area contributed by atoms with E-state index in [0.717, 1.165) is 31.7 Å². The van der Waals surface area contributed by atoms with Crippen molar-refractivity contribution in [3.63, 3.8) is 0 Å². The van der Waals surface area contributed by atoms with E-state index >= 15 is 0 Å². The van der Waals surface area contributed by atoms with Gasteiger partial charge in [-0.3, -0.25) is 4.79 Å². The molecule has 0 atom stereocenters. The first-order valence-corrected chi connectivity index (χ1v) is 8.80. The Kier molecular flexibility index (Phi) is 3.89. The minimum absolute atomic E-state index is 0.00688. The summed E-state index contributed by atoms with van der Waals surface area (Å²) < 4.78 is 1.12. The van der Waals surface area contributed by atoms with Crippen molar-refractivity contribution in [3.05, 3.63) is 64.5 Å². The summed E-state index contributed by atoms with van der Waals surface area (Å²) in [6, 6.07) is 15.9. The van der Waals surface area contributed by atoms with Crippen LogP contribution in [0.4, 0.5) is 0 Å². The Bertz CT molecular complexity index is 1080. The van der Waals surface area contributed by atoms with Gasteiger partial charge in [0.1, 0.15) is 6.54 Å². The third kappa shape index (κ3) is 2.85. The molecule has 2 aromatic heterocycles. The predicted octanol–water partition coefficient (Wildman–Crippen LogP) is 4.05. The lowest BCUT2D eigenvalue weighted by molar-refractivity contribution is 0.0965. The zero-order chi connectivity index (χ0) is 17.4. The lowest BCUT2D eigenvalue weighted by atomic mass is 10.1. The van der Waals surface area contributed by atoms with Crippen molar-refractivity contribution < 1.29 is 4.79 Å². The first-order valence-electron chi connectivity index (χ1n) is 7.98. The average Bonchev–Trinajstić information content (AvgIpc) is 3.20. The summed E-state index contributed by atoms with van der Waals surface area (Å²) in [5.74, 6) is 0.548. The molecule has 2 heterocycles. The van der Waals surface area contributed by atoms with Crippen LogP contribution in [0.3, 0.4) is 0 Å². The summed E-state index contributed by atoms with van der Waals surface area (Å²) >= 11 is 1.52. The lowest BCUT2D eigenvalue weighted by Crippen LogP contribution is -2.13. The van der Waals surface area contributed by atoms with E-state index < -0.39 is 0 Å². The molecule has 6 heteroatoms. The normalized spacial score (nSPS) is 11.1. The molecule has 0 N–H and O–H groups in total. The van der Waals surface area contributed by atoms with E-state index in [-0.39, 0.29) is 12.3 Å². The van der Waals surface area contributed by atoms with Crippen molar-refractivity contribution in [2.24, 2.45) is 0 Å². The van der Waals surface area contributed by atoms with Crippen LogP contribution in [-0.2, 0) is 6.54 Å². The van der Waals surface area contributed by atoms with Crippen LogP contribution in [0.2, 0.25) is 0 Å². The SMILES string of the molecule is Cc1ccccc1-c1nnn(CC(=O)c2sc3ccccc3c2C)n1. The number of aromatic nitrogens is 4. The van der Waals surface area contributed by atoms with Crippen molar-refractivity contribution in [1.29, 1.82) is 0 Å². The molecule has 0 aliphatic rings. The number of aryl methyl sites for hydroxylation is 2. The van der Waals surface area contributed by atoms with E-state index in [1.807, 2.05) is 62.4 Å². The van der Waals surface area contributed by atoms with Crippen LogP contribution in [0.25, 0.3) is 21.5 Å². The maximum absolute atomic E-state index is 12.7. The van der Waals surface area contributed by atoms with Gasteiger partial charge in [-0.25, -0.2) is 0 Å². The Labute approximate surface area is 148 Å². The molecule has 0 aliphatic carbocycles. The third-order valence-electron chi connectivity index (χ3n) is 4.22. The van der Waals surface area contributed by atoms with Gasteiger partial charge in [-0.2, -0.15) is 4.80 Å². The van der Waals surface area contributed by atoms with Crippen LogP contribution < -0.4 is 0 Å². The fourth-order valence-corrected chi connectivity index (χ4v) is 4.02. The van der Waals surface area contributed by atoms with Crippen LogP contribution in [0.1, 0.15) is 20.8 Å². The third-order valence-corrected chi connectivity index (χ3v) is 5.53. The molecule has 25 heavy (non-hydrogen) atoms. The zero-order valence-corrected chi connectivity index (χ0v) is 14.7. The largest absolute Gasteiger partial charge is 0.291 e. The molecule has 2 aromatic carbocycles. The maximum Gasteiger partial charge on any atom is 0.205 e. The first-order chi connectivity index (χ1) is 12.1. The standard InChI is InChI=1S/C19H16N4OS/c1-12-7-3-4-8-14(12)19-20-22-23(21-19)11-16(24)18-13(2)15-9-5-6-10-17(15)25-18/h3-10H,11H2,1-2H3. The van der Waals surface area contributed by atoms with E-state index in [1.165, 1.54) is 16.1 Å². The van der Waals surface area contributed by atoms with Crippen molar-refractivity contribution in [2.45, 2.75) is 20.4 Å². The Morgan fingerprint density at radius 3 is 2.64 bits per heavy atom. The van der Waals surface area contributed by atoms with Crippen molar-refractivity contribution in [3.8, 4) is 11.4 Å². The highest BCUT2D eigenvalue weighted by Gasteiger charge is 2.17. The van der Waals surface area contributed by atoms with E-state index in [0.29, 0.717) is 5.82 Å². The van der Waals surface area contributed by atoms with E-state index in [4.69, 9.17) is 0 Å². The number of carbonyl (C=O) groups is 1. The summed E-state index contributed by atoms with van der Waals surface area (Å²) in [6.07, 6.45) is 0. The van der Waals surface area contributed by atoms with Gasteiger partial charge in [-0.05, 0) is 41.6 Å². The van der Waals surface area contributed by atoms with Gasteiger partial charge in [0, 0.05) is 10.3 Å². The number of fused-ring (bicyclic) bond motifs is 1. The molecule has 0 saturated carbocycles. The second-order valence-corrected chi connectivity index (χ2v) is 6.99. The number of thiophene rings is 1. The highest BCUT2D eigenvalue weighted by Crippen LogP contribution is 2.31. The topological polar surface area (TPSA) is 60.7 Å². The average molecular weight is 348 g/mol. The molecule has 4 aromatic rings. The Balaban J connectivity index is 1.61. The van der Waals surface area contributed by atoms with Gasteiger partial charge in [0.2, 0.25) is 5.82 Å². The van der Waals surface area contributed by atoms with Crippen molar-refractivity contribution in [1.82, 2.24) is 20.2 Å². The van der Waals surface area contributed by atoms with Gasteiger partial charge in [0.25, 0.3) is 0 Å². The van der Waals surface area contributed by atoms with Crippen LogP contribution in [0.5, 0.6) is 0 Å². The molecule has 0 bridgehead atoms. The summed E-state index contributed by atoms with van der Waals surface area (Å²) in [7, 11) is 0. The second-order valence-electron chi connectivity index (χ2n) is 5.93. The molecule has 124 valence electrons. The number of ketones is 1. The summed E-state index contributed by atoms with van der Waals surface area (Å²) in [4.78, 5) is 14.8. The molecular formula is C19H16N4OS. The number of tetrazole rings is 1. The summed E-state index contributed by atoms with van der Waals surface area (Å²) in [5.41, 5.74) is 3.03. The van der Waals surface area contributed by atoms with Gasteiger partial charge in [0.05, 0.1) is 4.88 Å². The summed E-state index contributed by atoms with van der Waals surface area (Å²) in [6.45, 7) is 4.08. The number of rotatable bonds is 4. The van der Waals surface area contributed by atoms with Crippen LogP contribution in [0, 0.1) is 13.8 Å². The van der Waals surface area contributed by atoms with Crippen molar-refractivity contribution in [2.75, 3.05) is 0 Å². The Hall–Kier alpha value is -2.86. The van der Waals surface area contributed by atoms with Gasteiger partial charge < -0.3 is 0 Å². The molecule has 4 rings (SSSR count). The quantitative estimate of drug-likeness (QED) is 0.522. The van der Waals surface area contributed by atoms with Crippen LogP contribution >= 0.6 is 11.3 Å². The van der Waals surface area contributed by atoms with Gasteiger partial charge in [-0.15, -0.1) is 21.5 Å². The van der Waals surface area contributed by atoms with Gasteiger partial charge in [0.15, 0.2) is 5.78 Å². The van der Waals surface area contributed by atoms with Crippen LogP contribution in [-0.4, -0.2) is 26.0 Å². The number of Topliss-reactive ketones (excluding diaryl/α,β-unsaturated/α-hetero) is 1. The van der Waals surface area contributed by atoms with E-state index in [9.17, 15) is 4.79 Å². The number of nitrogens with zero attached hydrogens (tertiary/aromatic N) is 4. The molecule has 0 saturated heterocycles. The number of carbonyl (C=O) groups excluding carboxylic acids is 1. The van der Waals surface area contributed by atoms with Crippen LogP contribution in [0.15, 0.2) is 48.5 Å². The monoisotopic (exact) mass is 348 g/mol. The zero-order valence-electron chi connectivity index (χ0n) is 13.9. The van der Waals surface area contributed by atoms with Gasteiger partial charge in [-0.1, -0.05) is 42.5 Å². The molecule has 5 nitrogen and oxygen atoms in total. The minimum atomic E-state index is 0.00688. The Morgan fingerprint density at radius 1 is 1.08 bits per heavy atom. The predicted molar refractivity (Wildman–Crippen MR) is 98.9 cm³/mol. The minimum Gasteiger partial charge on any atom is -0.291 e. The second kappa shape index (κ2) is 6.22. The summed E-state index contributed by atoms with van der Waals surface area (Å²) in [5, 5.41) is 13.6. The molecule has 0 spiro atoms. The van der Waals surface area contributed by atoms with Gasteiger partial charge >= 0.3 is 0 Å². The van der Waals surface area contributed by atoms with E-state index in [1.54, 1.807) is 0 Å². The number of hydrogen-bond donors (Lipinski definition) is 0. The first kappa shape index (κ1) is 15.7. The van der Waals surface area contributed by atoms with E-state index in [2.05, 4.69) is 15.4 Å². The fraction of sp³-hybridized carbons (Fsp3) is 0.158. The number of benzene rings is 2. The highest BCUT2D eigenvalue weighted by atomic mass is 32.1. The molecule has 0 unspecified atom stereocenters. The smallest absolute Gasteiger partial charge is 0.205 e. The molecule has 0 fully saturated rings. The van der Waals surface area contributed by atoms with Crippen molar-refractivity contribution >= 4 is 27.2 Å². The maximum atomic E-state index is 12.7.